The molecule has 1 aliphatic rings. The van der Waals surface area contributed by atoms with E-state index in [2.05, 4.69) is 21.2 Å². The molecular formula is C13H19BrN2O4S. The maximum atomic E-state index is 12.9. The third-order valence-electron chi connectivity index (χ3n) is 3.47. The van der Waals surface area contributed by atoms with Crippen LogP contribution in [0.2, 0.25) is 0 Å². The van der Waals surface area contributed by atoms with E-state index in [1.165, 1.54) is 24.6 Å². The van der Waals surface area contributed by atoms with Gasteiger partial charge in [-0.15, -0.1) is 0 Å². The molecule has 0 spiro atoms. The predicted octanol–water partition coefficient (Wildman–Crippen LogP) is 1.45. The molecule has 8 heteroatoms. The van der Waals surface area contributed by atoms with E-state index < -0.39 is 10.0 Å². The third-order valence-corrected chi connectivity index (χ3v) is 6.12. The molecule has 0 aliphatic carbocycles. The fraction of sp³-hybridized carbons (Fsp3) is 0.538. The maximum absolute atomic E-state index is 12.9. The smallest absolute Gasteiger partial charge is 0.247 e. The zero-order valence-corrected chi connectivity index (χ0v) is 14.6. The van der Waals surface area contributed by atoms with Gasteiger partial charge in [0.1, 0.15) is 16.4 Å². The molecule has 21 heavy (non-hydrogen) atoms. The van der Waals surface area contributed by atoms with Gasteiger partial charge in [-0.2, -0.15) is 4.31 Å². The fourth-order valence-corrected chi connectivity index (χ4v) is 4.79. The van der Waals surface area contributed by atoms with Crippen molar-refractivity contribution >= 4 is 26.0 Å². The summed E-state index contributed by atoms with van der Waals surface area (Å²) >= 11 is 3.33. The second kappa shape index (κ2) is 6.51. The average Bonchev–Trinajstić information content (AvgIpc) is 2.47. The van der Waals surface area contributed by atoms with Crippen LogP contribution in [0.4, 0.5) is 0 Å². The van der Waals surface area contributed by atoms with E-state index in [0.717, 1.165) is 0 Å². The van der Waals surface area contributed by atoms with Gasteiger partial charge in [-0.1, -0.05) is 0 Å². The van der Waals surface area contributed by atoms with Crippen molar-refractivity contribution in [2.45, 2.75) is 17.9 Å². The van der Waals surface area contributed by atoms with Crippen molar-refractivity contribution in [3.05, 3.63) is 16.6 Å². The van der Waals surface area contributed by atoms with Crippen molar-refractivity contribution in [1.82, 2.24) is 9.62 Å². The number of hydrogen-bond donors (Lipinski definition) is 1. The van der Waals surface area contributed by atoms with Crippen LogP contribution in [0.15, 0.2) is 21.5 Å². The van der Waals surface area contributed by atoms with Gasteiger partial charge in [0.05, 0.1) is 18.7 Å². The zero-order chi connectivity index (χ0) is 15.6. The second-order valence-electron chi connectivity index (χ2n) is 4.81. The summed E-state index contributed by atoms with van der Waals surface area (Å²) in [5.41, 5.74) is 0. The minimum absolute atomic E-state index is 0.102. The molecule has 1 aromatic rings. The molecule has 1 N–H and O–H groups in total. The van der Waals surface area contributed by atoms with Crippen molar-refractivity contribution in [1.29, 1.82) is 0 Å². The lowest BCUT2D eigenvalue weighted by molar-refractivity contribution is 0.282. The molecular weight excluding hydrogens is 360 g/mol. The largest absolute Gasteiger partial charge is 0.495 e. The Hall–Kier alpha value is -0.830. The number of benzene rings is 1. The highest BCUT2D eigenvalue weighted by Crippen LogP contribution is 2.37. The Balaban J connectivity index is 2.51. The highest BCUT2D eigenvalue weighted by atomic mass is 79.9. The first-order valence-corrected chi connectivity index (χ1v) is 8.79. The van der Waals surface area contributed by atoms with Crippen LogP contribution in [-0.2, 0) is 10.0 Å². The van der Waals surface area contributed by atoms with Gasteiger partial charge in [-0.05, 0) is 28.9 Å². The Kier molecular flexibility index (Phi) is 5.13. The van der Waals surface area contributed by atoms with Crippen LogP contribution >= 0.6 is 15.9 Å². The van der Waals surface area contributed by atoms with Crippen molar-refractivity contribution < 1.29 is 17.9 Å². The number of rotatable bonds is 4. The second-order valence-corrected chi connectivity index (χ2v) is 7.52. The highest BCUT2D eigenvalue weighted by molar-refractivity contribution is 9.10. The SMILES string of the molecule is COc1cc(OC)c(S(=O)(=O)N2CCNCC2C)cc1Br. The molecule has 1 heterocycles. The Morgan fingerprint density at radius 3 is 2.52 bits per heavy atom. The molecule has 1 unspecified atom stereocenters. The molecule has 118 valence electrons. The molecule has 1 aliphatic heterocycles. The number of sulfonamides is 1. The van der Waals surface area contributed by atoms with Crippen LogP contribution in [-0.4, -0.2) is 52.6 Å². The number of methoxy groups -OCH3 is 2. The minimum Gasteiger partial charge on any atom is -0.495 e. The van der Waals surface area contributed by atoms with Gasteiger partial charge in [0.25, 0.3) is 0 Å². The van der Waals surface area contributed by atoms with Crippen LogP contribution in [0.25, 0.3) is 0 Å². The number of hydrogen-bond acceptors (Lipinski definition) is 5. The fourth-order valence-electron chi connectivity index (χ4n) is 2.34. The van der Waals surface area contributed by atoms with Gasteiger partial charge in [0.2, 0.25) is 10.0 Å². The predicted molar refractivity (Wildman–Crippen MR) is 83.5 cm³/mol. The number of nitrogens with one attached hydrogen (secondary N) is 1. The monoisotopic (exact) mass is 378 g/mol. The number of halogens is 1. The first-order valence-electron chi connectivity index (χ1n) is 6.56. The minimum atomic E-state index is -3.62. The first-order chi connectivity index (χ1) is 9.91. The summed E-state index contributed by atoms with van der Waals surface area (Å²) in [7, 11) is -0.651. The van der Waals surface area contributed by atoms with Gasteiger partial charge in [-0.3, -0.25) is 0 Å². The maximum Gasteiger partial charge on any atom is 0.247 e. The van der Waals surface area contributed by atoms with Gasteiger partial charge >= 0.3 is 0 Å². The summed E-state index contributed by atoms with van der Waals surface area (Å²) in [5, 5.41) is 3.18. The Bertz CT molecular complexity index is 621. The lowest BCUT2D eigenvalue weighted by Crippen LogP contribution is -2.52. The molecule has 0 radical (unpaired) electrons. The Morgan fingerprint density at radius 1 is 1.29 bits per heavy atom. The topological polar surface area (TPSA) is 67.9 Å². The van der Waals surface area contributed by atoms with Gasteiger partial charge < -0.3 is 14.8 Å². The van der Waals surface area contributed by atoms with E-state index in [1.54, 1.807) is 6.07 Å². The van der Waals surface area contributed by atoms with Crippen LogP contribution in [0.1, 0.15) is 6.92 Å². The molecule has 0 bridgehead atoms. The van der Waals surface area contributed by atoms with E-state index in [1.807, 2.05) is 6.92 Å². The lowest BCUT2D eigenvalue weighted by Gasteiger charge is -2.33. The van der Waals surface area contributed by atoms with Crippen molar-refractivity contribution in [2.75, 3.05) is 33.9 Å². The van der Waals surface area contributed by atoms with E-state index in [-0.39, 0.29) is 16.7 Å². The van der Waals surface area contributed by atoms with E-state index in [0.29, 0.717) is 29.9 Å². The summed E-state index contributed by atoms with van der Waals surface area (Å²) < 4.78 is 38.3. The lowest BCUT2D eigenvalue weighted by atomic mass is 10.3. The summed E-state index contributed by atoms with van der Waals surface area (Å²) in [6, 6.07) is 3.00. The van der Waals surface area contributed by atoms with Crippen LogP contribution in [0.3, 0.4) is 0 Å². The summed E-state index contributed by atoms with van der Waals surface area (Å²) in [4.78, 5) is 0.145. The number of piperazine rings is 1. The summed E-state index contributed by atoms with van der Waals surface area (Å²) in [6.07, 6.45) is 0. The van der Waals surface area contributed by atoms with Crippen LogP contribution in [0.5, 0.6) is 11.5 Å². The van der Waals surface area contributed by atoms with Gasteiger partial charge in [-0.25, -0.2) is 8.42 Å². The average molecular weight is 379 g/mol. The van der Waals surface area contributed by atoms with Crippen molar-refractivity contribution in [3.63, 3.8) is 0 Å². The molecule has 0 saturated carbocycles. The number of ether oxygens (including phenoxy) is 2. The molecule has 1 saturated heterocycles. The molecule has 1 fully saturated rings. The molecule has 1 atom stereocenters. The molecule has 0 aromatic heterocycles. The van der Waals surface area contributed by atoms with E-state index in [9.17, 15) is 8.42 Å². The summed E-state index contributed by atoms with van der Waals surface area (Å²) in [5.74, 6) is 0.806. The van der Waals surface area contributed by atoms with Crippen LogP contribution < -0.4 is 14.8 Å². The van der Waals surface area contributed by atoms with E-state index >= 15 is 0 Å². The summed E-state index contributed by atoms with van der Waals surface area (Å²) in [6.45, 7) is 3.60. The Morgan fingerprint density at radius 2 is 1.95 bits per heavy atom. The normalized spacial score (nSPS) is 20.3. The van der Waals surface area contributed by atoms with Crippen molar-refractivity contribution in [2.24, 2.45) is 0 Å². The third kappa shape index (κ3) is 3.18. The number of nitrogens with zero attached hydrogens (tertiary/aromatic N) is 1. The van der Waals surface area contributed by atoms with E-state index in [4.69, 9.17) is 9.47 Å². The first kappa shape index (κ1) is 16.5. The van der Waals surface area contributed by atoms with Crippen molar-refractivity contribution in [3.8, 4) is 11.5 Å². The highest BCUT2D eigenvalue weighted by Gasteiger charge is 2.33. The molecule has 6 nitrogen and oxygen atoms in total. The quantitative estimate of drug-likeness (QED) is 0.858. The van der Waals surface area contributed by atoms with Gasteiger partial charge in [0, 0.05) is 31.7 Å². The molecule has 0 amide bonds. The standard InChI is InChI=1S/C13H19BrN2O4S/c1-9-8-15-4-5-16(9)21(17,18)13-6-10(14)11(19-2)7-12(13)20-3/h6-7,9,15H,4-5,8H2,1-3H3. The van der Waals surface area contributed by atoms with Crippen LogP contribution in [0, 0.1) is 0 Å². The molecule has 1 aromatic carbocycles. The molecule has 2 rings (SSSR count). The Labute approximate surface area is 133 Å². The zero-order valence-electron chi connectivity index (χ0n) is 12.2. The van der Waals surface area contributed by atoms with Gasteiger partial charge in [0.15, 0.2) is 0 Å².